The van der Waals surface area contributed by atoms with Crippen molar-refractivity contribution in [3.8, 4) is 0 Å². The van der Waals surface area contributed by atoms with E-state index in [1.54, 1.807) is 29.4 Å². The van der Waals surface area contributed by atoms with Crippen LogP contribution in [0.2, 0.25) is 0 Å². The normalized spacial score (nSPS) is 15.9. The predicted molar refractivity (Wildman–Crippen MR) is 275 cm³/mol. The zero-order valence-electron chi connectivity index (χ0n) is 40.0. The molecular weight excluding hydrogens is 911 g/mol. The summed E-state index contributed by atoms with van der Waals surface area (Å²) in [4.78, 5) is 51.0. The van der Waals surface area contributed by atoms with Crippen molar-refractivity contribution in [3.05, 3.63) is 221 Å². The van der Waals surface area contributed by atoms with Crippen molar-refractivity contribution in [2.24, 2.45) is 5.92 Å². The SMILES string of the molecule is O=C(CCCCCCCC(=O)Nc1ccccc1C(Nc1ccccn1)C(c1ccccn1)C(O)c1ccccc1)NCc1cccc(C2C(CCC(O)c3ccc(F)cc3)C(=O)N2c2ccc(F)cc2)c1. The van der Waals surface area contributed by atoms with E-state index in [4.69, 9.17) is 4.98 Å². The average molecular weight is 971 g/mol. The smallest absolute Gasteiger partial charge is 0.233 e. The van der Waals surface area contributed by atoms with Crippen LogP contribution in [0.15, 0.2) is 176 Å². The summed E-state index contributed by atoms with van der Waals surface area (Å²) in [5, 5.41) is 32.6. The number of halogens is 2. The van der Waals surface area contributed by atoms with Crippen LogP contribution in [0.3, 0.4) is 0 Å². The second-order valence-electron chi connectivity index (χ2n) is 18.3. The summed E-state index contributed by atoms with van der Waals surface area (Å²) < 4.78 is 27.4. The van der Waals surface area contributed by atoms with E-state index in [9.17, 15) is 33.4 Å². The van der Waals surface area contributed by atoms with E-state index in [0.29, 0.717) is 73.5 Å². The summed E-state index contributed by atoms with van der Waals surface area (Å²) in [5.41, 5.74) is 5.67. The van der Waals surface area contributed by atoms with E-state index >= 15 is 0 Å². The highest BCUT2D eigenvalue weighted by Gasteiger charge is 2.48. The van der Waals surface area contributed by atoms with E-state index < -0.39 is 41.7 Å². The van der Waals surface area contributed by atoms with Crippen LogP contribution in [0.5, 0.6) is 0 Å². The molecule has 3 amide bonds. The number of β-lactam (4-membered cyclic amide) rings is 1. The van der Waals surface area contributed by atoms with Gasteiger partial charge in [0.2, 0.25) is 17.7 Å². The molecule has 11 nitrogen and oxygen atoms in total. The number of pyridine rings is 2. The number of aromatic nitrogens is 2. The van der Waals surface area contributed by atoms with Gasteiger partial charge in [0.05, 0.1) is 36.1 Å². The third-order valence-electron chi connectivity index (χ3n) is 13.3. The summed E-state index contributed by atoms with van der Waals surface area (Å²) in [5.74, 6) is -1.54. The summed E-state index contributed by atoms with van der Waals surface area (Å²) in [7, 11) is 0. The Hall–Kier alpha value is -7.61. The Balaban J connectivity index is 0.815. The van der Waals surface area contributed by atoms with Gasteiger partial charge in [0, 0.05) is 48.8 Å². The first kappa shape index (κ1) is 50.8. The molecule has 0 spiro atoms. The van der Waals surface area contributed by atoms with Crippen LogP contribution in [-0.4, -0.2) is 37.9 Å². The third kappa shape index (κ3) is 13.2. The molecule has 2 aromatic heterocycles. The number of hydrogen-bond donors (Lipinski definition) is 5. The topological polar surface area (TPSA) is 157 Å². The molecule has 0 aliphatic carbocycles. The quantitative estimate of drug-likeness (QED) is 0.0296. The van der Waals surface area contributed by atoms with Gasteiger partial charge in [-0.1, -0.05) is 116 Å². The Labute approximate surface area is 419 Å². The lowest BCUT2D eigenvalue weighted by atomic mass is 9.78. The number of amides is 3. The molecule has 8 rings (SSSR count). The number of rotatable bonds is 24. The Kier molecular flexibility index (Phi) is 17.6. The number of carbonyl (C=O) groups is 3. The molecule has 6 atom stereocenters. The molecule has 72 heavy (non-hydrogen) atoms. The largest absolute Gasteiger partial charge is 0.388 e. The van der Waals surface area contributed by atoms with Crippen LogP contribution in [0, 0.1) is 17.6 Å². The number of nitrogens with one attached hydrogen (secondary N) is 3. The molecule has 5 N–H and O–H groups in total. The lowest BCUT2D eigenvalue weighted by molar-refractivity contribution is -0.131. The summed E-state index contributed by atoms with van der Waals surface area (Å²) in [6, 6.07) is 46.6. The molecule has 13 heteroatoms. The van der Waals surface area contributed by atoms with Crippen molar-refractivity contribution in [2.45, 2.75) is 94.5 Å². The van der Waals surface area contributed by atoms with E-state index in [2.05, 4.69) is 20.9 Å². The molecule has 0 bridgehead atoms. The lowest BCUT2D eigenvalue weighted by Crippen LogP contribution is -2.55. The molecule has 0 saturated carbocycles. The van der Waals surface area contributed by atoms with Crippen molar-refractivity contribution in [1.82, 2.24) is 15.3 Å². The van der Waals surface area contributed by atoms with Crippen LogP contribution in [0.25, 0.3) is 0 Å². The van der Waals surface area contributed by atoms with Gasteiger partial charge in [0.1, 0.15) is 17.5 Å². The van der Waals surface area contributed by atoms with Gasteiger partial charge in [-0.05, 0) is 120 Å². The van der Waals surface area contributed by atoms with Crippen molar-refractivity contribution in [1.29, 1.82) is 0 Å². The van der Waals surface area contributed by atoms with E-state index in [-0.39, 0.29) is 23.8 Å². The minimum absolute atomic E-state index is 0.0738. The fraction of sp³-hybridized carbons (Fsp3) is 0.271. The fourth-order valence-corrected chi connectivity index (χ4v) is 9.58. The zero-order valence-corrected chi connectivity index (χ0v) is 40.0. The zero-order chi connectivity index (χ0) is 50.2. The third-order valence-corrected chi connectivity index (χ3v) is 13.3. The maximum atomic E-state index is 13.9. The van der Waals surface area contributed by atoms with Gasteiger partial charge in [0.15, 0.2) is 0 Å². The first-order chi connectivity index (χ1) is 35.1. The van der Waals surface area contributed by atoms with Gasteiger partial charge in [-0.2, -0.15) is 0 Å². The molecule has 5 aromatic carbocycles. The number of hydrogen-bond acceptors (Lipinski definition) is 8. The van der Waals surface area contributed by atoms with E-state index in [0.717, 1.165) is 41.5 Å². The summed E-state index contributed by atoms with van der Waals surface area (Å²) in [6.07, 6.45) is 6.83. The molecule has 1 aliphatic rings. The van der Waals surface area contributed by atoms with Gasteiger partial charge in [0.25, 0.3) is 0 Å². The van der Waals surface area contributed by atoms with E-state index in [1.807, 2.05) is 115 Å². The van der Waals surface area contributed by atoms with Gasteiger partial charge < -0.3 is 31.1 Å². The molecule has 1 saturated heterocycles. The van der Waals surface area contributed by atoms with Gasteiger partial charge in [-0.15, -0.1) is 0 Å². The molecule has 7 aromatic rings. The summed E-state index contributed by atoms with van der Waals surface area (Å²) >= 11 is 0. The molecule has 6 unspecified atom stereocenters. The van der Waals surface area contributed by atoms with Crippen molar-refractivity contribution >= 4 is 34.9 Å². The van der Waals surface area contributed by atoms with Crippen LogP contribution in [0.1, 0.15) is 122 Å². The monoisotopic (exact) mass is 970 g/mol. The average Bonchev–Trinajstić information content (AvgIpc) is 3.40. The highest BCUT2D eigenvalue weighted by Crippen LogP contribution is 2.47. The molecular formula is C59H60F2N6O5. The Morgan fingerprint density at radius 2 is 1.31 bits per heavy atom. The van der Waals surface area contributed by atoms with Crippen LogP contribution in [0.4, 0.5) is 26.0 Å². The highest BCUT2D eigenvalue weighted by atomic mass is 19.1. The number of benzene rings is 5. The Bertz CT molecular complexity index is 2840. The minimum Gasteiger partial charge on any atom is -0.388 e. The molecule has 1 aliphatic heterocycles. The first-order valence-corrected chi connectivity index (χ1v) is 24.7. The maximum absolute atomic E-state index is 13.9. The molecule has 3 heterocycles. The molecule has 370 valence electrons. The molecule has 1 fully saturated rings. The fourth-order valence-electron chi connectivity index (χ4n) is 9.58. The standard InChI is InChI=1S/C59H60F2N6O5/c60-44-28-26-41(27-29-44)51(68)35-34-48-57(67(59(48)72)46-32-30-45(61)31-33-46)43-19-15-16-40(38-43)39-64-53(69)24-7-2-1-3-8-25-54(70)65-49-21-10-9-20-47(49)56(66-52-23-12-14-37-63-52)55(50-22-11-13-36-62-50)58(71)42-17-5-4-6-18-42/h4-6,9-23,26-33,36-38,48,51,55-58,68,71H,1-3,7-8,24-25,34-35,39H2,(H,63,66)(H,64,69)(H,65,70). The molecule has 0 radical (unpaired) electrons. The second kappa shape index (κ2) is 25.0. The number of para-hydroxylation sites is 1. The summed E-state index contributed by atoms with van der Waals surface area (Å²) in [6.45, 7) is 0.299. The van der Waals surface area contributed by atoms with Crippen LogP contribution < -0.4 is 20.9 Å². The first-order valence-electron chi connectivity index (χ1n) is 24.7. The van der Waals surface area contributed by atoms with Gasteiger partial charge >= 0.3 is 0 Å². The Morgan fingerprint density at radius 3 is 2.01 bits per heavy atom. The van der Waals surface area contributed by atoms with Crippen molar-refractivity contribution in [3.63, 3.8) is 0 Å². The van der Waals surface area contributed by atoms with Crippen LogP contribution in [-0.2, 0) is 20.9 Å². The van der Waals surface area contributed by atoms with Gasteiger partial charge in [-0.3, -0.25) is 19.4 Å². The van der Waals surface area contributed by atoms with Crippen LogP contribution >= 0.6 is 0 Å². The highest BCUT2D eigenvalue weighted by molar-refractivity contribution is 6.03. The lowest BCUT2D eigenvalue weighted by Gasteiger charge is -2.48. The van der Waals surface area contributed by atoms with Crippen molar-refractivity contribution < 1.29 is 33.4 Å². The second-order valence-corrected chi connectivity index (χ2v) is 18.3. The minimum atomic E-state index is -0.952. The number of anilines is 3. The Morgan fingerprint density at radius 1 is 0.653 bits per heavy atom. The number of unbranched alkanes of at least 4 members (excludes halogenated alkanes) is 4. The van der Waals surface area contributed by atoms with Crippen molar-refractivity contribution in [2.75, 3.05) is 15.5 Å². The number of aliphatic hydroxyl groups is 2. The van der Waals surface area contributed by atoms with E-state index in [1.165, 1.54) is 36.4 Å². The number of nitrogens with zero attached hydrogens (tertiary/aromatic N) is 3. The number of carbonyl (C=O) groups excluding carboxylic acids is 3. The van der Waals surface area contributed by atoms with Gasteiger partial charge in [-0.25, -0.2) is 13.8 Å². The number of aliphatic hydroxyl groups excluding tert-OH is 2. The predicted octanol–water partition coefficient (Wildman–Crippen LogP) is 11.6. The maximum Gasteiger partial charge on any atom is 0.233 e.